The molecular formula is C28H49N5O13. The first-order chi connectivity index (χ1) is 22.0. The fraction of sp³-hybridized carbons (Fsp3) is 0.857. The topological polar surface area (TPSA) is 235 Å². The van der Waals surface area contributed by atoms with Crippen LogP contribution in [0.5, 0.6) is 0 Å². The molecule has 0 saturated carbocycles. The number of azide groups is 1. The quantitative estimate of drug-likeness (QED) is 0.0224. The lowest BCUT2D eigenvalue weighted by molar-refractivity contribution is -0.229. The van der Waals surface area contributed by atoms with Crippen molar-refractivity contribution in [2.75, 3.05) is 79.2 Å². The van der Waals surface area contributed by atoms with Gasteiger partial charge in [-0.2, -0.15) is 0 Å². The number of nitrogens with one attached hydrogen (secondary N) is 2. The molecule has 0 aromatic heterocycles. The smallest absolute Gasteiger partial charge is 0.303 e. The van der Waals surface area contributed by atoms with E-state index in [-0.39, 0.29) is 33.0 Å². The number of carbonyl (C=O) groups excluding carboxylic acids is 4. The SMILES string of the molecule is CC(=O)NC1(COCCCCC(O)NCCOCCOCCOCCN=[N+]=[N-])COC(COC(C)=O)C(OC(C)=O)C1OC(C)=O. The van der Waals surface area contributed by atoms with E-state index in [4.69, 9.17) is 43.4 Å². The van der Waals surface area contributed by atoms with Crippen LogP contribution in [-0.2, 0) is 57.1 Å². The van der Waals surface area contributed by atoms with Crippen LogP contribution >= 0.6 is 0 Å². The van der Waals surface area contributed by atoms with E-state index in [0.717, 1.165) is 0 Å². The van der Waals surface area contributed by atoms with Crippen molar-refractivity contribution in [3.05, 3.63) is 10.4 Å². The van der Waals surface area contributed by atoms with E-state index >= 15 is 0 Å². The zero-order valence-electron chi connectivity index (χ0n) is 27.1. The van der Waals surface area contributed by atoms with Crippen LogP contribution in [0.4, 0.5) is 0 Å². The lowest BCUT2D eigenvalue weighted by Gasteiger charge is -2.48. The van der Waals surface area contributed by atoms with Gasteiger partial charge in [-0.1, -0.05) is 5.11 Å². The second-order valence-electron chi connectivity index (χ2n) is 10.4. The van der Waals surface area contributed by atoms with Crippen molar-refractivity contribution in [3.8, 4) is 0 Å². The zero-order chi connectivity index (χ0) is 34.2. The van der Waals surface area contributed by atoms with E-state index in [1.807, 2.05) is 0 Å². The third kappa shape index (κ3) is 18.2. The van der Waals surface area contributed by atoms with Gasteiger partial charge in [0.25, 0.3) is 0 Å². The first-order valence-electron chi connectivity index (χ1n) is 15.1. The van der Waals surface area contributed by atoms with E-state index in [1.165, 1.54) is 27.7 Å². The van der Waals surface area contributed by atoms with Crippen LogP contribution in [0.15, 0.2) is 5.11 Å². The highest BCUT2D eigenvalue weighted by Gasteiger charge is 2.55. The number of unbranched alkanes of at least 4 members (excludes halogenated alkanes) is 1. The Kier molecular flexibility index (Phi) is 21.5. The molecule has 5 unspecified atom stereocenters. The van der Waals surface area contributed by atoms with Crippen LogP contribution in [0.2, 0.25) is 0 Å². The number of amides is 1. The molecule has 0 aromatic rings. The molecular weight excluding hydrogens is 614 g/mol. The molecule has 0 radical (unpaired) electrons. The molecule has 0 bridgehead atoms. The number of nitrogens with zero attached hydrogens (tertiary/aromatic N) is 3. The van der Waals surface area contributed by atoms with Crippen LogP contribution < -0.4 is 10.6 Å². The summed E-state index contributed by atoms with van der Waals surface area (Å²) in [5.74, 6) is -2.41. The van der Waals surface area contributed by atoms with Crippen LogP contribution in [0.1, 0.15) is 47.0 Å². The maximum atomic E-state index is 12.2. The predicted molar refractivity (Wildman–Crippen MR) is 159 cm³/mol. The van der Waals surface area contributed by atoms with Gasteiger partial charge in [0.1, 0.15) is 24.5 Å². The highest BCUT2D eigenvalue weighted by atomic mass is 16.6. The van der Waals surface area contributed by atoms with Crippen LogP contribution in [0, 0.1) is 0 Å². The summed E-state index contributed by atoms with van der Waals surface area (Å²) in [5, 5.41) is 19.3. The maximum Gasteiger partial charge on any atom is 0.303 e. The number of hydrogen-bond acceptors (Lipinski definition) is 15. The van der Waals surface area contributed by atoms with Gasteiger partial charge in [-0.25, -0.2) is 0 Å². The van der Waals surface area contributed by atoms with E-state index in [1.54, 1.807) is 0 Å². The molecule has 1 rings (SSSR count). The largest absolute Gasteiger partial charge is 0.463 e. The molecule has 18 nitrogen and oxygen atoms in total. The average molecular weight is 664 g/mol. The predicted octanol–water partition coefficient (Wildman–Crippen LogP) is 0.142. The Balaban J connectivity index is 2.45. The summed E-state index contributed by atoms with van der Waals surface area (Å²) >= 11 is 0. The molecule has 264 valence electrons. The minimum Gasteiger partial charge on any atom is -0.463 e. The first kappa shape index (κ1) is 40.9. The Morgan fingerprint density at radius 3 is 2.17 bits per heavy atom. The minimum atomic E-state index is -1.40. The molecule has 18 heteroatoms. The van der Waals surface area contributed by atoms with Crippen molar-refractivity contribution in [1.29, 1.82) is 0 Å². The lowest BCUT2D eigenvalue weighted by atomic mass is 9.84. The summed E-state index contributed by atoms with van der Waals surface area (Å²) in [4.78, 5) is 50.2. The molecule has 1 saturated heterocycles. The standard InChI is InChI=1S/C28H49N5O13/c1-20(34)32-28(19-44-24(17-43-21(2)35)26(45-22(3)36)27(28)46-23(4)37)18-42-10-6-5-7-25(38)30-8-11-39-13-15-41-16-14-40-12-9-31-33-29/h24-27,30,38H,5-19H2,1-4H3,(H,32,34). The molecule has 1 heterocycles. The van der Waals surface area contributed by atoms with Crippen molar-refractivity contribution in [2.45, 2.75) is 77.0 Å². The van der Waals surface area contributed by atoms with Gasteiger partial charge in [-0.15, -0.1) is 0 Å². The molecule has 46 heavy (non-hydrogen) atoms. The monoisotopic (exact) mass is 663 g/mol. The van der Waals surface area contributed by atoms with Crippen molar-refractivity contribution >= 4 is 23.8 Å². The maximum absolute atomic E-state index is 12.2. The molecule has 1 amide bonds. The Morgan fingerprint density at radius 1 is 0.913 bits per heavy atom. The second-order valence-corrected chi connectivity index (χ2v) is 10.4. The first-order valence-corrected chi connectivity index (χ1v) is 15.1. The van der Waals surface area contributed by atoms with Gasteiger partial charge in [0.2, 0.25) is 5.91 Å². The summed E-state index contributed by atoms with van der Waals surface area (Å²) in [6, 6.07) is 0. The number of rotatable bonds is 25. The van der Waals surface area contributed by atoms with Crippen molar-refractivity contribution in [2.24, 2.45) is 5.11 Å². The number of hydrogen-bond donors (Lipinski definition) is 3. The molecule has 3 N–H and O–H groups in total. The summed E-state index contributed by atoms with van der Waals surface area (Å²) in [5.41, 5.74) is 6.76. The fourth-order valence-electron chi connectivity index (χ4n) is 4.48. The van der Waals surface area contributed by atoms with E-state index in [2.05, 4.69) is 20.7 Å². The number of aliphatic hydroxyl groups is 1. The van der Waals surface area contributed by atoms with Crippen LogP contribution in [-0.4, -0.2) is 138 Å². The average Bonchev–Trinajstić information content (AvgIpc) is 2.98. The van der Waals surface area contributed by atoms with Gasteiger partial charge in [0.15, 0.2) is 12.2 Å². The third-order valence-corrected chi connectivity index (χ3v) is 6.38. The van der Waals surface area contributed by atoms with Gasteiger partial charge in [-0.05, 0) is 24.8 Å². The zero-order valence-corrected chi connectivity index (χ0v) is 27.1. The van der Waals surface area contributed by atoms with Gasteiger partial charge < -0.3 is 48.3 Å². The molecule has 1 aliphatic rings. The second kappa shape index (κ2) is 24.1. The third-order valence-electron chi connectivity index (χ3n) is 6.38. The molecule has 0 aromatic carbocycles. The number of ether oxygens (including phenoxy) is 8. The number of aliphatic hydroxyl groups excluding tert-OH is 1. The highest BCUT2D eigenvalue weighted by molar-refractivity contribution is 5.74. The molecule has 5 atom stereocenters. The molecule has 0 aliphatic carbocycles. The minimum absolute atomic E-state index is 0.144. The van der Waals surface area contributed by atoms with E-state index < -0.39 is 53.9 Å². The van der Waals surface area contributed by atoms with Crippen LogP contribution in [0.3, 0.4) is 0 Å². The van der Waals surface area contributed by atoms with Crippen LogP contribution in [0.25, 0.3) is 10.4 Å². The Hall–Kier alpha value is -3.09. The Labute approximate surface area is 268 Å². The summed E-state index contributed by atoms with van der Waals surface area (Å²) in [6.45, 7) is 7.56. The Bertz CT molecular complexity index is 968. The van der Waals surface area contributed by atoms with E-state index in [9.17, 15) is 24.3 Å². The lowest BCUT2D eigenvalue weighted by Crippen LogP contribution is -2.72. The molecule has 0 spiro atoms. The summed E-state index contributed by atoms with van der Waals surface area (Å²) in [7, 11) is 0. The van der Waals surface area contributed by atoms with Gasteiger partial charge in [0.05, 0.1) is 52.9 Å². The Morgan fingerprint density at radius 2 is 1.57 bits per heavy atom. The molecule has 1 fully saturated rings. The van der Waals surface area contributed by atoms with Crippen molar-refractivity contribution in [3.63, 3.8) is 0 Å². The van der Waals surface area contributed by atoms with E-state index in [0.29, 0.717) is 65.4 Å². The van der Waals surface area contributed by atoms with Gasteiger partial charge >= 0.3 is 17.9 Å². The normalized spacial score (nSPS) is 21.5. The summed E-state index contributed by atoms with van der Waals surface area (Å²) < 4.78 is 43.8. The fourth-order valence-corrected chi connectivity index (χ4v) is 4.48. The van der Waals surface area contributed by atoms with Gasteiger partial charge in [0, 0.05) is 52.3 Å². The number of esters is 3. The molecule has 1 aliphatic heterocycles. The van der Waals surface area contributed by atoms with Crippen molar-refractivity contribution in [1.82, 2.24) is 10.6 Å². The summed E-state index contributed by atoms with van der Waals surface area (Å²) in [6.07, 6.45) is -2.47. The van der Waals surface area contributed by atoms with Gasteiger partial charge in [-0.3, -0.25) is 24.5 Å². The highest BCUT2D eigenvalue weighted by Crippen LogP contribution is 2.31. The number of carbonyl (C=O) groups is 4. The van der Waals surface area contributed by atoms with Crippen molar-refractivity contribution < 1.29 is 62.2 Å².